The minimum atomic E-state index is -0.485. The van der Waals surface area contributed by atoms with Crippen LogP contribution in [0.4, 0.5) is 4.79 Å². The predicted octanol–water partition coefficient (Wildman–Crippen LogP) is 2.05. The standard InChI is InChI=1S/C14H18N4O2S/c1-14(2,3)17-12(20)16-11(19)9-21-13-15-8-10-6-4-5-7-18(10)13/h4-8H,9H2,1-3H3,(H2,16,17,19,20). The van der Waals surface area contributed by atoms with E-state index in [9.17, 15) is 9.59 Å². The van der Waals surface area contributed by atoms with Crippen molar-refractivity contribution in [2.24, 2.45) is 0 Å². The van der Waals surface area contributed by atoms with Crippen LogP contribution in [0.2, 0.25) is 0 Å². The molecule has 0 aliphatic heterocycles. The van der Waals surface area contributed by atoms with Crippen molar-refractivity contribution >= 4 is 29.2 Å². The van der Waals surface area contributed by atoms with Gasteiger partial charge < -0.3 is 5.32 Å². The molecule has 0 radical (unpaired) electrons. The predicted molar refractivity (Wildman–Crippen MR) is 82.3 cm³/mol. The Kier molecular flexibility index (Phi) is 4.52. The normalized spacial score (nSPS) is 11.4. The molecule has 112 valence electrons. The maximum Gasteiger partial charge on any atom is 0.321 e. The molecule has 7 heteroatoms. The zero-order valence-corrected chi connectivity index (χ0v) is 13.0. The number of imidazole rings is 1. The fourth-order valence-electron chi connectivity index (χ4n) is 1.69. The number of hydrogen-bond donors (Lipinski definition) is 2. The van der Waals surface area contributed by atoms with E-state index in [0.717, 1.165) is 10.7 Å². The SMILES string of the molecule is CC(C)(C)NC(=O)NC(=O)CSc1ncc2ccccn12. The third-order valence-electron chi connectivity index (χ3n) is 2.48. The van der Waals surface area contributed by atoms with Crippen LogP contribution in [-0.2, 0) is 4.79 Å². The summed E-state index contributed by atoms with van der Waals surface area (Å²) in [6, 6.07) is 5.28. The first kappa shape index (κ1) is 15.4. The number of hydrogen-bond acceptors (Lipinski definition) is 4. The maximum absolute atomic E-state index is 11.7. The number of pyridine rings is 1. The van der Waals surface area contributed by atoms with Crippen molar-refractivity contribution in [1.82, 2.24) is 20.0 Å². The summed E-state index contributed by atoms with van der Waals surface area (Å²) in [5.74, 6) is -0.222. The minimum absolute atomic E-state index is 0.131. The lowest BCUT2D eigenvalue weighted by Gasteiger charge is -2.20. The van der Waals surface area contributed by atoms with Gasteiger partial charge in [0, 0.05) is 11.7 Å². The van der Waals surface area contributed by atoms with Gasteiger partial charge in [-0.15, -0.1) is 0 Å². The fraction of sp³-hybridized carbons (Fsp3) is 0.357. The molecule has 6 nitrogen and oxygen atoms in total. The summed E-state index contributed by atoms with van der Waals surface area (Å²) in [4.78, 5) is 27.6. The highest BCUT2D eigenvalue weighted by Crippen LogP contribution is 2.17. The van der Waals surface area contributed by atoms with Gasteiger partial charge in [0.05, 0.1) is 17.5 Å². The first-order valence-corrected chi connectivity index (χ1v) is 7.50. The molecule has 0 aliphatic carbocycles. The molecule has 2 aromatic rings. The van der Waals surface area contributed by atoms with Gasteiger partial charge in [-0.3, -0.25) is 14.5 Å². The van der Waals surface area contributed by atoms with E-state index in [1.165, 1.54) is 11.8 Å². The number of carbonyl (C=O) groups excluding carboxylic acids is 2. The summed E-state index contributed by atoms with van der Waals surface area (Å²) in [5, 5.41) is 5.69. The van der Waals surface area contributed by atoms with Crippen molar-refractivity contribution in [1.29, 1.82) is 0 Å². The van der Waals surface area contributed by atoms with Crippen molar-refractivity contribution in [2.75, 3.05) is 5.75 Å². The van der Waals surface area contributed by atoms with Crippen LogP contribution in [0.1, 0.15) is 20.8 Å². The van der Waals surface area contributed by atoms with Gasteiger partial charge in [0.15, 0.2) is 5.16 Å². The van der Waals surface area contributed by atoms with E-state index in [1.54, 1.807) is 6.20 Å². The minimum Gasteiger partial charge on any atom is -0.333 e. The molecular formula is C14H18N4O2S. The summed E-state index contributed by atoms with van der Waals surface area (Å²) in [7, 11) is 0. The fourth-order valence-corrected chi connectivity index (χ4v) is 2.46. The number of urea groups is 1. The van der Waals surface area contributed by atoms with Gasteiger partial charge in [-0.2, -0.15) is 0 Å². The lowest BCUT2D eigenvalue weighted by atomic mass is 10.1. The van der Waals surface area contributed by atoms with Gasteiger partial charge in [0.25, 0.3) is 0 Å². The Balaban J connectivity index is 1.88. The van der Waals surface area contributed by atoms with E-state index in [4.69, 9.17) is 0 Å². The second-order valence-corrected chi connectivity index (χ2v) is 6.52. The molecule has 21 heavy (non-hydrogen) atoms. The van der Waals surface area contributed by atoms with Crippen LogP contribution < -0.4 is 10.6 Å². The number of fused-ring (bicyclic) bond motifs is 1. The number of rotatable bonds is 3. The van der Waals surface area contributed by atoms with Gasteiger partial charge in [-0.25, -0.2) is 9.78 Å². The molecule has 0 bridgehead atoms. The van der Waals surface area contributed by atoms with Gasteiger partial charge in [-0.05, 0) is 32.9 Å². The van der Waals surface area contributed by atoms with Crippen LogP contribution >= 0.6 is 11.8 Å². The van der Waals surface area contributed by atoms with E-state index in [-0.39, 0.29) is 17.2 Å². The lowest BCUT2D eigenvalue weighted by Crippen LogP contribution is -2.48. The zero-order chi connectivity index (χ0) is 15.5. The van der Waals surface area contributed by atoms with Crippen LogP contribution in [0.5, 0.6) is 0 Å². The largest absolute Gasteiger partial charge is 0.333 e. The summed E-state index contributed by atoms with van der Waals surface area (Å²) in [6.07, 6.45) is 3.63. The number of nitrogens with zero attached hydrogens (tertiary/aromatic N) is 2. The molecule has 0 aliphatic rings. The highest BCUT2D eigenvalue weighted by atomic mass is 32.2. The molecule has 2 rings (SSSR count). The van der Waals surface area contributed by atoms with Crippen molar-refractivity contribution in [3.63, 3.8) is 0 Å². The Bertz CT molecular complexity index is 660. The number of imide groups is 1. The topological polar surface area (TPSA) is 75.5 Å². The third-order valence-corrected chi connectivity index (χ3v) is 3.45. The maximum atomic E-state index is 11.7. The second kappa shape index (κ2) is 6.17. The number of aromatic nitrogens is 2. The molecule has 0 fully saturated rings. The van der Waals surface area contributed by atoms with Gasteiger partial charge in [0.1, 0.15) is 0 Å². The Labute approximate surface area is 127 Å². The monoisotopic (exact) mass is 306 g/mol. The summed E-state index contributed by atoms with van der Waals surface area (Å²) in [5.41, 5.74) is 0.586. The first-order chi connectivity index (χ1) is 9.85. The van der Waals surface area contributed by atoms with Crippen LogP contribution in [0, 0.1) is 0 Å². The number of thioether (sulfide) groups is 1. The second-order valence-electron chi connectivity index (χ2n) is 5.58. The van der Waals surface area contributed by atoms with Crippen molar-refractivity contribution in [2.45, 2.75) is 31.5 Å². The molecule has 0 atom stereocenters. The summed E-state index contributed by atoms with van der Waals surface area (Å²) < 4.78 is 1.90. The van der Waals surface area contributed by atoms with E-state index in [2.05, 4.69) is 15.6 Å². The summed E-state index contributed by atoms with van der Waals surface area (Å²) >= 11 is 1.28. The molecule has 3 amide bonds. The molecule has 2 aromatic heterocycles. The van der Waals surface area contributed by atoms with E-state index < -0.39 is 6.03 Å². The smallest absolute Gasteiger partial charge is 0.321 e. The van der Waals surface area contributed by atoms with Gasteiger partial charge >= 0.3 is 6.03 Å². The molecule has 2 heterocycles. The van der Waals surface area contributed by atoms with Crippen LogP contribution in [0.15, 0.2) is 35.7 Å². The highest BCUT2D eigenvalue weighted by molar-refractivity contribution is 7.99. The van der Waals surface area contributed by atoms with Crippen LogP contribution in [0.25, 0.3) is 5.52 Å². The number of nitrogens with one attached hydrogen (secondary N) is 2. The average Bonchev–Trinajstić information content (AvgIpc) is 2.77. The van der Waals surface area contributed by atoms with Crippen molar-refractivity contribution in [3.05, 3.63) is 30.6 Å². The van der Waals surface area contributed by atoms with Crippen molar-refractivity contribution < 1.29 is 9.59 Å². The Morgan fingerprint density at radius 2 is 2.10 bits per heavy atom. The van der Waals surface area contributed by atoms with E-state index in [1.807, 2.05) is 49.6 Å². The van der Waals surface area contributed by atoms with Crippen LogP contribution in [-0.4, -0.2) is 32.6 Å². The number of carbonyl (C=O) groups is 2. The Morgan fingerprint density at radius 3 is 2.81 bits per heavy atom. The number of amides is 3. The molecule has 0 saturated carbocycles. The average molecular weight is 306 g/mol. The molecule has 2 N–H and O–H groups in total. The van der Waals surface area contributed by atoms with E-state index in [0.29, 0.717) is 0 Å². The highest BCUT2D eigenvalue weighted by Gasteiger charge is 2.16. The Hall–Kier alpha value is -2.02. The Morgan fingerprint density at radius 1 is 1.33 bits per heavy atom. The van der Waals surface area contributed by atoms with Crippen molar-refractivity contribution in [3.8, 4) is 0 Å². The quantitative estimate of drug-likeness (QED) is 0.851. The molecule has 0 aromatic carbocycles. The van der Waals surface area contributed by atoms with Crippen LogP contribution in [0.3, 0.4) is 0 Å². The van der Waals surface area contributed by atoms with Gasteiger partial charge in [-0.1, -0.05) is 17.8 Å². The molecular weight excluding hydrogens is 288 g/mol. The molecule has 0 saturated heterocycles. The summed E-state index contributed by atoms with van der Waals surface area (Å²) in [6.45, 7) is 5.55. The molecule has 0 spiro atoms. The first-order valence-electron chi connectivity index (χ1n) is 6.52. The molecule has 0 unspecified atom stereocenters. The lowest BCUT2D eigenvalue weighted by molar-refractivity contribution is -0.117. The van der Waals surface area contributed by atoms with E-state index >= 15 is 0 Å². The third kappa shape index (κ3) is 4.49. The zero-order valence-electron chi connectivity index (χ0n) is 12.2. The van der Waals surface area contributed by atoms with Gasteiger partial charge in [0.2, 0.25) is 5.91 Å².